The Morgan fingerprint density at radius 3 is 2.96 bits per heavy atom. The third kappa shape index (κ3) is 3.43. The Morgan fingerprint density at radius 1 is 1.11 bits per heavy atom. The van der Waals surface area contributed by atoms with E-state index in [1.807, 2.05) is 18.3 Å². The number of aromatic amines is 1. The molecule has 1 fully saturated rings. The van der Waals surface area contributed by atoms with E-state index in [-0.39, 0.29) is 0 Å². The number of benzene rings is 2. The van der Waals surface area contributed by atoms with Gasteiger partial charge in [-0.1, -0.05) is 41.7 Å². The molecule has 2 aromatic heterocycles. The molecule has 136 valence electrons. The molecule has 0 aliphatic carbocycles. The number of aromatic nitrogens is 4. The second-order valence-corrected chi connectivity index (χ2v) is 7.89. The van der Waals surface area contributed by atoms with Crippen LogP contribution in [0.1, 0.15) is 17.9 Å². The van der Waals surface area contributed by atoms with Gasteiger partial charge in [0.25, 0.3) is 0 Å². The predicted octanol–water partition coefficient (Wildman–Crippen LogP) is 3.64. The van der Waals surface area contributed by atoms with Gasteiger partial charge in [-0.2, -0.15) is 5.10 Å². The van der Waals surface area contributed by atoms with E-state index in [2.05, 4.69) is 67.4 Å². The lowest BCUT2D eigenvalue weighted by Crippen LogP contribution is -2.29. The van der Waals surface area contributed by atoms with Gasteiger partial charge in [-0.3, -0.25) is 5.10 Å². The number of nitrogens with one attached hydrogen (secondary N) is 3. The number of hydrogen-bond donors (Lipinski definition) is 3. The van der Waals surface area contributed by atoms with Crippen LogP contribution in [0.4, 0.5) is 5.13 Å². The zero-order valence-electron chi connectivity index (χ0n) is 14.7. The molecule has 0 saturated carbocycles. The molecular weight excluding hydrogens is 356 g/mol. The lowest BCUT2D eigenvalue weighted by atomic mass is 9.96. The van der Waals surface area contributed by atoms with Crippen LogP contribution in [-0.4, -0.2) is 39.5 Å². The van der Waals surface area contributed by atoms with Gasteiger partial charge in [0.1, 0.15) is 5.01 Å². The van der Waals surface area contributed by atoms with E-state index >= 15 is 0 Å². The third-order valence-corrected chi connectivity index (χ3v) is 6.03. The summed E-state index contributed by atoms with van der Waals surface area (Å²) in [5, 5.41) is 25.6. The van der Waals surface area contributed by atoms with Crippen LogP contribution in [0.25, 0.3) is 21.5 Å². The van der Waals surface area contributed by atoms with Gasteiger partial charge < -0.3 is 10.6 Å². The van der Waals surface area contributed by atoms with E-state index in [4.69, 9.17) is 0 Å². The summed E-state index contributed by atoms with van der Waals surface area (Å²) in [6.07, 6.45) is 2.97. The molecule has 0 bridgehead atoms. The Balaban J connectivity index is 1.21. The minimum absolute atomic E-state index is 0.449. The van der Waals surface area contributed by atoms with Crippen LogP contribution in [0.3, 0.4) is 0 Å². The van der Waals surface area contributed by atoms with Gasteiger partial charge in [-0.05, 0) is 36.1 Å². The molecule has 5 rings (SSSR count). The van der Waals surface area contributed by atoms with Gasteiger partial charge >= 0.3 is 0 Å². The average Bonchev–Trinajstić information content (AvgIpc) is 3.46. The van der Waals surface area contributed by atoms with Crippen molar-refractivity contribution in [2.75, 3.05) is 18.4 Å². The van der Waals surface area contributed by atoms with Crippen molar-refractivity contribution >= 4 is 27.4 Å². The summed E-state index contributed by atoms with van der Waals surface area (Å²) in [6.45, 7) is 1.89. The summed E-state index contributed by atoms with van der Waals surface area (Å²) in [5.41, 5.74) is 3.51. The molecule has 1 aliphatic heterocycles. The Kier molecular flexibility index (Phi) is 4.31. The van der Waals surface area contributed by atoms with E-state index in [0.29, 0.717) is 12.0 Å². The summed E-state index contributed by atoms with van der Waals surface area (Å²) >= 11 is 1.59. The summed E-state index contributed by atoms with van der Waals surface area (Å²) in [6, 6.07) is 17.4. The van der Waals surface area contributed by atoms with Crippen LogP contribution in [0.2, 0.25) is 0 Å². The first-order chi connectivity index (χ1) is 13.3. The fourth-order valence-electron chi connectivity index (χ4n) is 3.65. The molecule has 3 N–H and O–H groups in total. The molecule has 1 aliphatic rings. The molecule has 4 aromatic rings. The molecule has 0 radical (unpaired) electrons. The smallest absolute Gasteiger partial charge is 0.206 e. The zero-order chi connectivity index (χ0) is 18.1. The molecule has 0 unspecified atom stereocenters. The Hall–Kier alpha value is -2.77. The Morgan fingerprint density at radius 2 is 2.04 bits per heavy atom. The zero-order valence-corrected chi connectivity index (χ0v) is 15.5. The van der Waals surface area contributed by atoms with Crippen molar-refractivity contribution in [1.82, 2.24) is 25.7 Å². The van der Waals surface area contributed by atoms with Crippen molar-refractivity contribution in [1.29, 1.82) is 0 Å². The molecule has 2 aromatic carbocycles. The maximum Gasteiger partial charge on any atom is 0.206 e. The first-order valence-electron chi connectivity index (χ1n) is 9.14. The Bertz CT molecular complexity index is 1040. The van der Waals surface area contributed by atoms with Crippen LogP contribution in [0.5, 0.6) is 0 Å². The lowest BCUT2D eigenvalue weighted by Gasteiger charge is -2.11. The predicted molar refractivity (Wildman–Crippen MR) is 109 cm³/mol. The monoisotopic (exact) mass is 376 g/mol. The van der Waals surface area contributed by atoms with E-state index in [9.17, 15) is 0 Å². The summed E-state index contributed by atoms with van der Waals surface area (Å²) in [7, 11) is 0. The molecule has 1 saturated heterocycles. The number of nitrogens with zero attached hydrogens (tertiary/aromatic N) is 3. The minimum atomic E-state index is 0.449. The molecule has 3 heterocycles. The maximum absolute atomic E-state index is 4.34. The number of anilines is 1. The van der Waals surface area contributed by atoms with Gasteiger partial charge in [0.15, 0.2) is 0 Å². The highest BCUT2D eigenvalue weighted by atomic mass is 32.1. The average molecular weight is 376 g/mol. The summed E-state index contributed by atoms with van der Waals surface area (Å²) in [4.78, 5) is 0. The second kappa shape index (κ2) is 7.09. The largest absolute Gasteiger partial charge is 0.359 e. The molecule has 6 nitrogen and oxygen atoms in total. The minimum Gasteiger partial charge on any atom is -0.359 e. The van der Waals surface area contributed by atoms with Gasteiger partial charge in [0, 0.05) is 30.1 Å². The molecule has 0 spiro atoms. The highest BCUT2D eigenvalue weighted by Crippen LogP contribution is 2.29. The Labute approximate surface area is 161 Å². The first-order valence-corrected chi connectivity index (χ1v) is 9.96. The standard InChI is InChI=1S/C20H20N6S/c1-2-4-13(5-3-1)15-9-17(21-10-15)12-22-20-26-25-19(27-20)14-6-7-18-16(8-14)11-23-24-18/h1-8,11,15,17,21H,9-10,12H2,(H,22,26)(H,23,24)/t15-,17+/m1/s1. The number of fused-ring (bicyclic) bond motifs is 1. The third-order valence-electron chi connectivity index (χ3n) is 5.10. The van der Waals surface area contributed by atoms with Crippen LogP contribution < -0.4 is 10.6 Å². The van der Waals surface area contributed by atoms with E-state index in [1.54, 1.807) is 11.3 Å². The summed E-state index contributed by atoms with van der Waals surface area (Å²) < 4.78 is 0. The van der Waals surface area contributed by atoms with E-state index in [1.165, 1.54) is 5.56 Å². The van der Waals surface area contributed by atoms with E-state index < -0.39 is 0 Å². The second-order valence-electron chi connectivity index (χ2n) is 6.91. The van der Waals surface area contributed by atoms with Crippen molar-refractivity contribution in [2.45, 2.75) is 18.4 Å². The van der Waals surface area contributed by atoms with Crippen molar-refractivity contribution in [3.8, 4) is 10.6 Å². The van der Waals surface area contributed by atoms with Crippen LogP contribution in [0.15, 0.2) is 54.7 Å². The highest BCUT2D eigenvalue weighted by molar-refractivity contribution is 7.18. The fourth-order valence-corrected chi connectivity index (χ4v) is 4.40. The summed E-state index contributed by atoms with van der Waals surface area (Å²) in [5.74, 6) is 0.588. The molecule has 0 amide bonds. The van der Waals surface area contributed by atoms with Crippen LogP contribution in [0, 0.1) is 0 Å². The van der Waals surface area contributed by atoms with Crippen LogP contribution >= 0.6 is 11.3 Å². The normalized spacial score (nSPS) is 19.6. The fraction of sp³-hybridized carbons (Fsp3) is 0.250. The van der Waals surface area contributed by atoms with Gasteiger partial charge in [-0.15, -0.1) is 10.2 Å². The first kappa shape index (κ1) is 16.4. The van der Waals surface area contributed by atoms with Gasteiger partial charge in [0.2, 0.25) is 5.13 Å². The SMILES string of the molecule is c1ccc([C@H]2CN[C@H](CNc3nnc(-c4ccc5[nH]ncc5c4)s3)C2)cc1. The van der Waals surface area contributed by atoms with Gasteiger partial charge in [-0.25, -0.2) is 0 Å². The maximum atomic E-state index is 4.34. The highest BCUT2D eigenvalue weighted by Gasteiger charge is 2.25. The lowest BCUT2D eigenvalue weighted by molar-refractivity contribution is 0.627. The van der Waals surface area contributed by atoms with Crippen molar-refractivity contribution in [2.24, 2.45) is 0 Å². The molecular formula is C20H20N6S. The van der Waals surface area contributed by atoms with Crippen LogP contribution in [-0.2, 0) is 0 Å². The van der Waals surface area contributed by atoms with E-state index in [0.717, 1.165) is 46.1 Å². The number of H-pyrrole nitrogens is 1. The molecule has 27 heavy (non-hydrogen) atoms. The van der Waals surface area contributed by atoms with Crippen molar-refractivity contribution in [3.63, 3.8) is 0 Å². The van der Waals surface area contributed by atoms with Gasteiger partial charge in [0.05, 0.1) is 11.7 Å². The van der Waals surface area contributed by atoms with Crippen molar-refractivity contribution in [3.05, 3.63) is 60.3 Å². The number of hydrogen-bond acceptors (Lipinski definition) is 6. The topological polar surface area (TPSA) is 78.5 Å². The van der Waals surface area contributed by atoms with Crippen molar-refractivity contribution < 1.29 is 0 Å². The molecule has 7 heteroatoms. The number of rotatable bonds is 5. The molecule has 2 atom stereocenters. The quantitative estimate of drug-likeness (QED) is 0.496.